The third-order valence-corrected chi connectivity index (χ3v) is 1.83. The number of rotatable bonds is 5. The third kappa shape index (κ3) is 5.40. The molecular weight excluding hydrogens is 279 g/mol. The quantitative estimate of drug-likeness (QED) is 0.846. The van der Waals surface area contributed by atoms with Crippen LogP contribution in [0, 0.1) is 0 Å². The number of hydrogen-bond donors (Lipinski definition) is 1. The van der Waals surface area contributed by atoms with E-state index in [4.69, 9.17) is 5.11 Å². The predicted molar refractivity (Wildman–Crippen MR) is 51.1 cm³/mol. The van der Waals surface area contributed by atoms with Crippen LogP contribution < -0.4 is 9.47 Å². The summed E-state index contributed by atoms with van der Waals surface area (Å²) in [5.41, 5.74) is -0.192. The van der Waals surface area contributed by atoms with Gasteiger partial charge in [-0.25, -0.2) is 0 Å². The largest absolute Gasteiger partial charge is 0.573 e. The zero-order valence-electron chi connectivity index (χ0n) is 9.08. The van der Waals surface area contributed by atoms with E-state index < -0.39 is 36.9 Å². The molecule has 1 N–H and O–H groups in total. The molecule has 0 saturated carbocycles. The average molecular weight is 286 g/mol. The van der Waals surface area contributed by atoms with Crippen LogP contribution in [0.3, 0.4) is 0 Å². The number of halogens is 5. The standard InChI is InChI=1S/C10H7F5O4/c11-9(12)18-7-4-6(19-10(13,14)15)2-1-5(7)3-8(16)17/h1-2,4,9H,3H2,(H,16,17). The summed E-state index contributed by atoms with van der Waals surface area (Å²) >= 11 is 0. The van der Waals surface area contributed by atoms with E-state index in [0.29, 0.717) is 6.07 Å². The van der Waals surface area contributed by atoms with Gasteiger partial charge in [0.1, 0.15) is 11.5 Å². The normalized spacial score (nSPS) is 11.5. The van der Waals surface area contributed by atoms with Crippen LogP contribution in [0.1, 0.15) is 5.56 Å². The number of carboxylic acid groups (broad SMARTS) is 1. The van der Waals surface area contributed by atoms with Crippen molar-refractivity contribution < 1.29 is 41.3 Å². The summed E-state index contributed by atoms with van der Waals surface area (Å²) in [6.07, 6.45) is -5.66. The molecule has 1 rings (SSSR count). The fourth-order valence-electron chi connectivity index (χ4n) is 1.25. The van der Waals surface area contributed by atoms with E-state index in [9.17, 15) is 26.7 Å². The molecule has 0 atom stereocenters. The lowest BCUT2D eigenvalue weighted by atomic mass is 10.1. The molecule has 106 valence electrons. The highest BCUT2D eigenvalue weighted by atomic mass is 19.4. The molecule has 0 saturated heterocycles. The van der Waals surface area contributed by atoms with E-state index >= 15 is 0 Å². The van der Waals surface area contributed by atoms with Crippen LogP contribution >= 0.6 is 0 Å². The molecule has 1 aromatic rings. The van der Waals surface area contributed by atoms with E-state index in [1.54, 1.807) is 0 Å². The molecule has 19 heavy (non-hydrogen) atoms. The number of ether oxygens (including phenoxy) is 2. The first kappa shape index (κ1) is 15.0. The Balaban J connectivity index is 3.03. The van der Waals surface area contributed by atoms with E-state index in [2.05, 4.69) is 9.47 Å². The van der Waals surface area contributed by atoms with Crippen molar-refractivity contribution in [2.45, 2.75) is 19.4 Å². The van der Waals surface area contributed by atoms with Crippen LogP contribution in [-0.2, 0) is 11.2 Å². The summed E-state index contributed by atoms with van der Waals surface area (Å²) in [4.78, 5) is 10.5. The van der Waals surface area contributed by atoms with Crippen LogP contribution in [0.4, 0.5) is 22.0 Å². The Morgan fingerprint density at radius 3 is 2.42 bits per heavy atom. The monoisotopic (exact) mass is 286 g/mol. The summed E-state index contributed by atoms with van der Waals surface area (Å²) < 4.78 is 67.4. The second-order valence-electron chi connectivity index (χ2n) is 3.27. The van der Waals surface area contributed by atoms with Gasteiger partial charge >= 0.3 is 18.9 Å². The van der Waals surface area contributed by atoms with Crippen molar-refractivity contribution in [2.75, 3.05) is 0 Å². The summed E-state index contributed by atoms with van der Waals surface area (Å²) in [6.45, 7) is -3.30. The fourth-order valence-corrected chi connectivity index (χ4v) is 1.25. The van der Waals surface area contributed by atoms with Gasteiger partial charge in [-0.15, -0.1) is 13.2 Å². The SMILES string of the molecule is O=C(O)Cc1ccc(OC(F)(F)F)cc1OC(F)F. The molecule has 0 aliphatic heterocycles. The Bertz CT molecular complexity index is 458. The zero-order chi connectivity index (χ0) is 14.6. The van der Waals surface area contributed by atoms with Crippen molar-refractivity contribution in [1.29, 1.82) is 0 Å². The fraction of sp³-hybridized carbons (Fsp3) is 0.300. The van der Waals surface area contributed by atoms with Crippen molar-refractivity contribution in [2.24, 2.45) is 0 Å². The van der Waals surface area contributed by atoms with Crippen LogP contribution in [0.5, 0.6) is 11.5 Å². The number of alkyl halides is 5. The van der Waals surface area contributed by atoms with Gasteiger partial charge in [0.05, 0.1) is 6.42 Å². The lowest BCUT2D eigenvalue weighted by molar-refractivity contribution is -0.274. The summed E-state index contributed by atoms with van der Waals surface area (Å²) in [7, 11) is 0. The highest BCUT2D eigenvalue weighted by Crippen LogP contribution is 2.30. The smallest absolute Gasteiger partial charge is 0.481 e. The minimum absolute atomic E-state index is 0.192. The molecule has 9 heteroatoms. The number of carbonyl (C=O) groups is 1. The second kappa shape index (κ2) is 5.72. The van der Waals surface area contributed by atoms with Gasteiger partial charge in [-0.1, -0.05) is 6.07 Å². The van der Waals surface area contributed by atoms with Crippen LogP contribution in [0.15, 0.2) is 18.2 Å². The van der Waals surface area contributed by atoms with Gasteiger partial charge in [0, 0.05) is 11.6 Å². The zero-order valence-corrected chi connectivity index (χ0v) is 9.08. The predicted octanol–water partition coefficient (Wildman–Crippen LogP) is 2.81. The molecule has 0 fully saturated rings. The number of benzene rings is 1. The summed E-state index contributed by atoms with van der Waals surface area (Å²) in [5, 5.41) is 8.53. The Morgan fingerprint density at radius 2 is 1.95 bits per heavy atom. The van der Waals surface area contributed by atoms with Crippen LogP contribution in [-0.4, -0.2) is 24.0 Å². The Hall–Kier alpha value is -2.06. The number of hydrogen-bond acceptors (Lipinski definition) is 3. The summed E-state index contributed by atoms with van der Waals surface area (Å²) in [6, 6.07) is 2.27. The van der Waals surface area contributed by atoms with Gasteiger partial charge in [-0.2, -0.15) is 8.78 Å². The first-order valence-electron chi connectivity index (χ1n) is 4.72. The van der Waals surface area contributed by atoms with Gasteiger partial charge in [-0.05, 0) is 6.07 Å². The molecule has 0 amide bonds. The molecule has 0 spiro atoms. The molecule has 0 unspecified atom stereocenters. The van der Waals surface area contributed by atoms with Crippen LogP contribution in [0.2, 0.25) is 0 Å². The first-order chi connectivity index (χ1) is 8.67. The second-order valence-corrected chi connectivity index (χ2v) is 3.27. The third-order valence-electron chi connectivity index (χ3n) is 1.83. The van der Waals surface area contributed by atoms with Gasteiger partial charge in [0.15, 0.2) is 0 Å². The van der Waals surface area contributed by atoms with Gasteiger partial charge < -0.3 is 14.6 Å². The Labute approximate surface area is 103 Å². The molecular formula is C10H7F5O4. The minimum Gasteiger partial charge on any atom is -0.481 e. The lowest BCUT2D eigenvalue weighted by Gasteiger charge is -2.13. The maximum absolute atomic E-state index is 12.1. The molecule has 1 aromatic carbocycles. The van der Waals surface area contributed by atoms with Crippen molar-refractivity contribution in [3.8, 4) is 11.5 Å². The van der Waals surface area contributed by atoms with E-state index in [-0.39, 0.29) is 5.56 Å². The van der Waals surface area contributed by atoms with Crippen molar-refractivity contribution in [3.63, 3.8) is 0 Å². The molecule has 4 nitrogen and oxygen atoms in total. The van der Waals surface area contributed by atoms with Gasteiger partial charge in [0.25, 0.3) is 0 Å². The topological polar surface area (TPSA) is 55.8 Å². The molecule has 0 bridgehead atoms. The first-order valence-corrected chi connectivity index (χ1v) is 4.72. The molecule has 0 radical (unpaired) electrons. The van der Waals surface area contributed by atoms with Crippen molar-refractivity contribution >= 4 is 5.97 Å². The number of carboxylic acids is 1. The molecule has 0 aliphatic rings. The molecule has 0 heterocycles. The van der Waals surface area contributed by atoms with Gasteiger partial charge in [-0.3, -0.25) is 4.79 Å². The highest BCUT2D eigenvalue weighted by Gasteiger charge is 2.31. The van der Waals surface area contributed by atoms with Gasteiger partial charge in [0.2, 0.25) is 0 Å². The Kier molecular flexibility index (Phi) is 4.52. The summed E-state index contributed by atoms with van der Waals surface area (Å²) in [5.74, 6) is -2.81. The van der Waals surface area contributed by atoms with E-state index in [0.717, 1.165) is 12.1 Å². The minimum atomic E-state index is -4.99. The molecule has 0 aliphatic carbocycles. The Morgan fingerprint density at radius 1 is 1.32 bits per heavy atom. The van der Waals surface area contributed by atoms with Crippen LogP contribution in [0.25, 0.3) is 0 Å². The lowest BCUT2D eigenvalue weighted by Crippen LogP contribution is -2.17. The van der Waals surface area contributed by atoms with Crippen molar-refractivity contribution in [3.05, 3.63) is 23.8 Å². The molecule has 0 aromatic heterocycles. The number of aliphatic carboxylic acids is 1. The van der Waals surface area contributed by atoms with E-state index in [1.165, 1.54) is 0 Å². The average Bonchev–Trinajstić information content (AvgIpc) is 2.18. The maximum Gasteiger partial charge on any atom is 0.573 e. The highest BCUT2D eigenvalue weighted by molar-refractivity contribution is 5.71. The van der Waals surface area contributed by atoms with E-state index in [1.807, 2.05) is 0 Å². The maximum atomic E-state index is 12.1. The van der Waals surface area contributed by atoms with Crippen molar-refractivity contribution in [1.82, 2.24) is 0 Å².